The van der Waals surface area contributed by atoms with Crippen molar-refractivity contribution in [3.8, 4) is 0 Å². The lowest BCUT2D eigenvalue weighted by Crippen LogP contribution is -2.52. The molecule has 11 heavy (non-hydrogen) atoms. The number of hydrogen-bond acceptors (Lipinski definition) is 2. The number of likely N-dealkylation sites (N-methyl/N-ethyl adjacent to an activating group) is 1. The van der Waals surface area contributed by atoms with Crippen LogP contribution in [0.25, 0.3) is 0 Å². The molecule has 0 bridgehead atoms. The highest BCUT2D eigenvalue weighted by molar-refractivity contribution is 4.87. The molecule has 2 fully saturated rings. The van der Waals surface area contributed by atoms with Gasteiger partial charge in [-0.05, 0) is 45.3 Å². The van der Waals surface area contributed by atoms with Gasteiger partial charge in [-0.3, -0.25) is 0 Å². The number of hydrogen-bond donors (Lipinski definition) is 1. The summed E-state index contributed by atoms with van der Waals surface area (Å²) in [5.74, 6) is 0.986. The first-order valence-corrected chi connectivity index (χ1v) is 4.78. The highest BCUT2D eigenvalue weighted by Crippen LogP contribution is 2.24. The average molecular weight is 156 g/mol. The highest BCUT2D eigenvalue weighted by Gasteiger charge is 2.28. The van der Waals surface area contributed by atoms with Crippen LogP contribution in [0.1, 0.15) is 20.7 Å². The molecule has 2 rings (SSSR count). The summed E-state index contributed by atoms with van der Waals surface area (Å²) in [7, 11) is 2.23. The van der Waals surface area contributed by atoms with Gasteiger partial charge in [0.05, 0.1) is 0 Å². The van der Waals surface area contributed by atoms with Gasteiger partial charge in [-0.25, -0.2) is 0 Å². The second-order valence-corrected chi connectivity index (χ2v) is 4.01. The van der Waals surface area contributed by atoms with Gasteiger partial charge in [0.2, 0.25) is 0 Å². The zero-order chi connectivity index (χ0) is 7.68. The van der Waals surface area contributed by atoms with Gasteiger partial charge in [-0.2, -0.15) is 0 Å². The van der Waals surface area contributed by atoms with Crippen molar-refractivity contribution in [2.75, 3.05) is 26.7 Å². The third kappa shape index (κ3) is 1.57. The van der Waals surface area contributed by atoms with Gasteiger partial charge >= 0.3 is 0 Å². The van der Waals surface area contributed by atoms with Crippen LogP contribution in [0.2, 0.25) is 0 Å². The first-order valence-electron chi connectivity index (χ1n) is 4.78. The fourth-order valence-electron chi connectivity index (χ4n) is 2.39. The Balaban J connectivity index is 0.000000720. The van der Waals surface area contributed by atoms with Crippen LogP contribution in [-0.2, 0) is 0 Å². The van der Waals surface area contributed by atoms with E-state index in [0.717, 1.165) is 12.0 Å². The van der Waals surface area contributed by atoms with Crippen molar-refractivity contribution in [3.63, 3.8) is 0 Å². The summed E-state index contributed by atoms with van der Waals surface area (Å²) in [5, 5.41) is 3.61. The number of likely N-dealkylation sites (tertiary alicyclic amines) is 1. The predicted molar refractivity (Wildman–Crippen MR) is 48.7 cm³/mol. The minimum Gasteiger partial charge on any atom is -0.312 e. The molecule has 0 aromatic rings. The van der Waals surface area contributed by atoms with E-state index in [-0.39, 0.29) is 1.43 Å². The van der Waals surface area contributed by atoms with Crippen LogP contribution in [0.4, 0.5) is 0 Å². The molecule has 2 unspecified atom stereocenters. The molecule has 2 saturated heterocycles. The molecule has 2 aliphatic heterocycles. The molecule has 0 aromatic carbocycles. The minimum atomic E-state index is 0. The van der Waals surface area contributed by atoms with Crippen molar-refractivity contribution in [1.82, 2.24) is 10.2 Å². The summed E-state index contributed by atoms with van der Waals surface area (Å²) in [4.78, 5) is 2.44. The first-order chi connectivity index (χ1) is 5.36. The number of nitrogens with zero attached hydrogens (tertiary/aromatic N) is 1. The lowest BCUT2D eigenvalue weighted by molar-refractivity contribution is 0.138. The van der Waals surface area contributed by atoms with Gasteiger partial charge in [0.25, 0.3) is 0 Å². The molecule has 0 amide bonds. The van der Waals surface area contributed by atoms with E-state index in [1.165, 1.54) is 38.9 Å². The van der Waals surface area contributed by atoms with E-state index in [1.807, 2.05) is 0 Å². The average Bonchev–Trinajstić information content (AvgIpc) is 2.04. The van der Waals surface area contributed by atoms with E-state index in [1.54, 1.807) is 0 Å². The van der Waals surface area contributed by atoms with Gasteiger partial charge in [-0.15, -0.1) is 0 Å². The standard InChI is InChI=1S/C9H18N2.H2/c1-11-6-4-8-3-2-5-10-9(8)7-11;/h8-10H,2-7H2,1H3;1H. The maximum absolute atomic E-state index is 3.61. The molecule has 0 saturated carbocycles. The minimum absolute atomic E-state index is 0. The first kappa shape index (κ1) is 7.56. The van der Waals surface area contributed by atoms with Gasteiger partial charge < -0.3 is 10.2 Å². The monoisotopic (exact) mass is 156 g/mol. The van der Waals surface area contributed by atoms with Crippen molar-refractivity contribution >= 4 is 0 Å². The summed E-state index contributed by atoms with van der Waals surface area (Å²) < 4.78 is 0. The summed E-state index contributed by atoms with van der Waals surface area (Å²) in [5.41, 5.74) is 0. The van der Waals surface area contributed by atoms with Crippen molar-refractivity contribution in [3.05, 3.63) is 0 Å². The highest BCUT2D eigenvalue weighted by atomic mass is 15.1. The van der Waals surface area contributed by atoms with Crippen LogP contribution in [0.5, 0.6) is 0 Å². The SMILES string of the molecule is CN1CCC2CCCNC2C1.[HH]. The van der Waals surface area contributed by atoms with E-state index < -0.39 is 0 Å². The van der Waals surface area contributed by atoms with Gasteiger partial charge in [0, 0.05) is 14.0 Å². The van der Waals surface area contributed by atoms with E-state index in [4.69, 9.17) is 0 Å². The zero-order valence-corrected chi connectivity index (χ0v) is 7.34. The Morgan fingerprint density at radius 1 is 1.45 bits per heavy atom. The van der Waals surface area contributed by atoms with Crippen LogP contribution in [0.15, 0.2) is 0 Å². The van der Waals surface area contributed by atoms with Crippen molar-refractivity contribution < 1.29 is 1.43 Å². The van der Waals surface area contributed by atoms with E-state index in [2.05, 4.69) is 17.3 Å². The fraction of sp³-hybridized carbons (Fsp3) is 1.00. The molecule has 0 aliphatic carbocycles. The molecule has 0 aromatic heterocycles. The topological polar surface area (TPSA) is 15.3 Å². The number of rotatable bonds is 0. The smallest absolute Gasteiger partial charge is 0.0223 e. The summed E-state index contributed by atoms with van der Waals surface area (Å²) in [6, 6.07) is 0.808. The Bertz CT molecular complexity index is 140. The molecule has 2 nitrogen and oxygen atoms in total. The van der Waals surface area contributed by atoms with Crippen LogP contribution < -0.4 is 5.32 Å². The van der Waals surface area contributed by atoms with E-state index >= 15 is 0 Å². The molecule has 1 N–H and O–H groups in total. The Morgan fingerprint density at radius 3 is 3.27 bits per heavy atom. The molecule has 0 radical (unpaired) electrons. The summed E-state index contributed by atoms with van der Waals surface area (Å²) in [6.45, 7) is 3.82. The number of piperidine rings is 2. The van der Waals surface area contributed by atoms with Crippen molar-refractivity contribution in [2.45, 2.75) is 25.3 Å². The Hall–Kier alpha value is -0.0800. The number of fused-ring (bicyclic) bond motifs is 1. The molecular formula is C9H20N2. The summed E-state index contributed by atoms with van der Waals surface area (Å²) >= 11 is 0. The lowest BCUT2D eigenvalue weighted by atomic mass is 9.85. The van der Waals surface area contributed by atoms with Crippen molar-refractivity contribution in [1.29, 1.82) is 0 Å². The lowest BCUT2D eigenvalue weighted by Gasteiger charge is -2.40. The Labute approximate surface area is 70.4 Å². The largest absolute Gasteiger partial charge is 0.312 e. The molecule has 2 heteroatoms. The van der Waals surface area contributed by atoms with Gasteiger partial charge in [0.15, 0.2) is 0 Å². The van der Waals surface area contributed by atoms with E-state index in [0.29, 0.717) is 0 Å². The normalized spacial score (nSPS) is 40.1. The third-order valence-corrected chi connectivity index (χ3v) is 3.12. The van der Waals surface area contributed by atoms with Crippen molar-refractivity contribution in [2.24, 2.45) is 5.92 Å². The van der Waals surface area contributed by atoms with Gasteiger partial charge in [-0.1, -0.05) is 0 Å². The second-order valence-electron chi connectivity index (χ2n) is 4.01. The van der Waals surface area contributed by atoms with Crippen LogP contribution in [-0.4, -0.2) is 37.6 Å². The molecule has 2 heterocycles. The number of nitrogens with one attached hydrogen (secondary N) is 1. The summed E-state index contributed by atoms with van der Waals surface area (Å²) in [6.07, 6.45) is 4.27. The fourth-order valence-corrected chi connectivity index (χ4v) is 2.39. The molecule has 0 spiro atoms. The maximum atomic E-state index is 3.61. The molecular weight excluding hydrogens is 136 g/mol. The molecule has 2 atom stereocenters. The maximum Gasteiger partial charge on any atom is 0.0223 e. The Kier molecular flexibility index (Phi) is 2.14. The van der Waals surface area contributed by atoms with Gasteiger partial charge in [0.1, 0.15) is 0 Å². The molecule has 2 aliphatic rings. The predicted octanol–water partition coefficient (Wildman–Crippen LogP) is 0.936. The third-order valence-electron chi connectivity index (χ3n) is 3.12. The van der Waals surface area contributed by atoms with Crippen LogP contribution >= 0.6 is 0 Å². The van der Waals surface area contributed by atoms with Crippen LogP contribution in [0, 0.1) is 5.92 Å². The second kappa shape index (κ2) is 3.11. The molecule has 66 valence electrons. The zero-order valence-electron chi connectivity index (χ0n) is 7.34. The van der Waals surface area contributed by atoms with Crippen LogP contribution in [0.3, 0.4) is 0 Å². The van der Waals surface area contributed by atoms with E-state index in [9.17, 15) is 0 Å². The Morgan fingerprint density at radius 2 is 2.36 bits per heavy atom. The quantitative estimate of drug-likeness (QED) is 0.561.